The highest BCUT2D eigenvalue weighted by Gasteiger charge is 2.27. The first-order valence-electron chi connectivity index (χ1n) is 6.01. The molecule has 1 aromatic heterocycles. The summed E-state index contributed by atoms with van der Waals surface area (Å²) in [5.41, 5.74) is 3.21. The van der Waals surface area contributed by atoms with Gasteiger partial charge in [0, 0.05) is 11.8 Å². The molecule has 1 unspecified atom stereocenters. The summed E-state index contributed by atoms with van der Waals surface area (Å²) in [6.45, 7) is 0. The molecule has 104 valence electrons. The summed E-state index contributed by atoms with van der Waals surface area (Å²) >= 11 is 0. The van der Waals surface area contributed by atoms with E-state index in [9.17, 15) is 13.2 Å². The number of hydrogen-bond donors (Lipinski definition) is 2. The number of hydrogen-bond acceptors (Lipinski definition) is 3. The lowest BCUT2D eigenvalue weighted by Crippen LogP contribution is -2.28. The van der Waals surface area contributed by atoms with Gasteiger partial charge in [0.1, 0.15) is 11.3 Å². The number of benzene rings is 1. The van der Waals surface area contributed by atoms with Crippen LogP contribution in [0, 0.1) is 0 Å². The number of alkyl halides is 3. The van der Waals surface area contributed by atoms with Gasteiger partial charge in [-0.05, 0) is 25.0 Å². The fourth-order valence-corrected chi connectivity index (χ4v) is 1.99. The maximum atomic E-state index is 12.1. The molecule has 1 atom stereocenters. The summed E-state index contributed by atoms with van der Waals surface area (Å²) in [6.07, 6.45) is -4.66. The summed E-state index contributed by atoms with van der Waals surface area (Å²) in [7, 11) is 0. The van der Waals surface area contributed by atoms with Crippen LogP contribution in [0.3, 0.4) is 0 Å². The van der Waals surface area contributed by atoms with Crippen molar-refractivity contribution in [1.29, 1.82) is 0 Å². The zero-order valence-corrected chi connectivity index (χ0v) is 10.2. The van der Waals surface area contributed by atoms with E-state index in [0.717, 1.165) is 5.39 Å². The Kier molecular flexibility index (Phi) is 4.11. The second-order valence-corrected chi connectivity index (χ2v) is 4.41. The van der Waals surface area contributed by atoms with Gasteiger partial charge >= 0.3 is 6.18 Å². The van der Waals surface area contributed by atoms with Crippen LogP contribution in [0.5, 0.6) is 0 Å². The van der Waals surface area contributed by atoms with E-state index in [2.05, 4.69) is 5.43 Å². The second kappa shape index (κ2) is 5.63. The van der Waals surface area contributed by atoms with Crippen molar-refractivity contribution in [3.63, 3.8) is 0 Å². The lowest BCUT2D eigenvalue weighted by atomic mass is 10.1. The van der Waals surface area contributed by atoms with Gasteiger partial charge in [-0.25, -0.2) is 5.43 Å². The highest BCUT2D eigenvalue weighted by atomic mass is 19.4. The third kappa shape index (κ3) is 3.71. The Hall–Kier alpha value is -1.53. The van der Waals surface area contributed by atoms with Crippen molar-refractivity contribution in [3.05, 3.63) is 36.1 Å². The summed E-state index contributed by atoms with van der Waals surface area (Å²) in [6, 6.07) is 8.79. The van der Waals surface area contributed by atoms with E-state index in [1.165, 1.54) is 0 Å². The van der Waals surface area contributed by atoms with Gasteiger partial charge in [-0.1, -0.05) is 18.2 Å². The zero-order chi connectivity index (χ0) is 13.9. The van der Waals surface area contributed by atoms with Crippen LogP contribution >= 0.6 is 0 Å². The third-order valence-corrected chi connectivity index (χ3v) is 2.94. The fourth-order valence-electron chi connectivity index (χ4n) is 1.99. The first kappa shape index (κ1) is 13.9. The Morgan fingerprint density at radius 1 is 1.26 bits per heavy atom. The Labute approximate surface area is 108 Å². The quantitative estimate of drug-likeness (QED) is 0.645. The van der Waals surface area contributed by atoms with E-state index in [1.807, 2.05) is 24.3 Å². The minimum Gasteiger partial charge on any atom is -0.459 e. The summed E-state index contributed by atoms with van der Waals surface area (Å²) in [4.78, 5) is 0. The van der Waals surface area contributed by atoms with Crippen molar-refractivity contribution in [2.45, 2.75) is 31.5 Å². The highest BCUT2D eigenvalue weighted by Crippen LogP contribution is 2.29. The van der Waals surface area contributed by atoms with Crippen molar-refractivity contribution in [1.82, 2.24) is 5.43 Å². The van der Waals surface area contributed by atoms with Crippen LogP contribution < -0.4 is 11.3 Å². The molecule has 1 aromatic carbocycles. The molecule has 3 N–H and O–H groups in total. The van der Waals surface area contributed by atoms with Crippen molar-refractivity contribution in [2.75, 3.05) is 0 Å². The smallest absolute Gasteiger partial charge is 0.389 e. The number of furan rings is 1. The van der Waals surface area contributed by atoms with Gasteiger partial charge < -0.3 is 4.42 Å². The van der Waals surface area contributed by atoms with Crippen LogP contribution in [0.2, 0.25) is 0 Å². The lowest BCUT2D eigenvalue weighted by Gasteiger charge is -2.13. The maximum Gasteiger partial charge on any atom is 0.389 e. The Bertz CT molecular complexity index is 503. The predicted octanol–water partition coefficient (Wildman–Crippen LogP) is 3.67. The molecule has 3 nitrogen and oxygen atoms in total. The van der Waals surface area contributed by atoms with Crippen molar-refractivity contribution < 1.29 is 17.6 Å². The molecule has 2 aromatic rings. The molecule has 6 heteroatoms. The number of hydrazine groups is 1. The molecule has 0 saturated carbocycles. The number of fused-ring (bicyclic) bond motifs is 1. The number of rotatable bonds is 5. The van der Waals surface area contributed by atoms with Gasteiger partial charge in [-0.2, -0.15) is 13.2 Å². The first-order chi connectivity index (χ1) is 8.99. The van der Waals surface area contributed by atoms with Gasteiger partial charge in [-0.3, -0.25) is 5.84 Å². The van der Waals surface area contributed by atoms with E-state index in [4.69, 9.17) is 10.3 Å². The number of nitrogens with one attached hydrogen (secondary N) is 1. The average Bonchev–Trinajstić information content (AvgIpc) is 2.76. The minimum absolute atomic E-state index is 0.00934. The third-order valence-electron chi connectivity index (χ3n) is 2.94. The van der Waals surface area contributed by atoms with E-state index >= 15 is 0 Å². The summed E-state index contributed by atoms with van der Waals surface area (Å²) in [5, 5.41) is 0.911. The molecular formula is C13H15F3N2O. The highest BCUT2D eigenvalue weighted by molar-refractivity contribution is 5.77. The van der Waals surface area contributed by atoms with Gasteiger partial charge in [0.2, 0.25) is 0 Å². The molecular weight excluding hydrogens is 257 g/mol. The SMILES string of the molecule is NNC(CCCC(F)(F)F)c1cc2ccccc2o1. The van der Waals surface area contributed by atoms with Gasteiger partial charge in [-0.15, -0.1) is 0 Å². The van der Waals surface area contributed by atoms with Crippen LogP contribution in [0.15, 0.2) is 34.7 Å². The summed E-state index contributed by atoms with van der Waals surface area (Å²) < 4.78 is 41.9. The number of nitrogens with two attached hydrogens (primary N) is 1. The number of halogens is 3. The molecule has 0 aliphatic carbocycles. The lowest BCUT2D eigenvalue weighted by molar-refractivity contribution is -0.135. The van der Waals surface area contributed by atoms with Crippen LogP contribution in [0.1, 0.15) is 31.1 Å². The van der Waals surface area contributed by atoms with Gasteiger partial charge in [0.15, 0.2) is 0 Å². The Balaban J connectivity index is 2.04. The van der Waals surface area contributed by atoms with E-state index in [0.29, 0.717) is 11.3 Å². The second-order valence-electron chi connectivity index (χ2n) is 4.41. The topological polar surface area (TPSA) is 51.2 Å². The van der Waals surface area contributed by atoms with Crippen LogP contribution in [-0.4, -0.2) is 6.18 Å². The average molecular weight is 272 g/mol. The van der Waals surface area contributed by atoms with E-state index in [1.54, 1.807) is 6.07 Å². The van der Waals surface area contributed by atoms with Crippen LogP contribution in [0.25, 0.3) is 11.0 Å². The summed E-state index contributed by atoms with van der Waals surface area (Å²) in [5.74, 6) is 5.95. The van der Waals surface area contributed by atoms with Crippen LogP contribution in [-0.2, 0) is 0 Å². The molecule has 0 aliphatic rings. The van der Waals surface area contributed by atoms with Gasteiger partial charge in [0.25, 0.3) is 0 Å². The maximum absolute atomic E-state index is 12.1. The predicted molar refractivity (Wildman–Crippen MR) is 66.2 cm³/mol. The van der Waals surface area contributed by atoms with Crippen molar-refractivity contribution in [2.24, 2.45) is 5.84 Å². The molecule has 0 amide bonds. The molecule has 0 aliphatic heterocycles. The molecule has 0 saturated heterocycles. The number of para-hydroxylation sites is 1. The van der Waals surface area contributed by atoms with Gasteiger partial charge in [0.05, 0.1) is 6.04 Å². The molecule has 0 bridgehead atoms. The largest absolute Gasteiger partial charge is 0.459 e. The standard InChI is InChI=1S/C13H15F3N2O/c14-13(15,16)7-3-5-10(18-17)12-8-9-4-1-2-6-11(9)19-12/h1-2,4,6,8,10,18H,3,5,7,17H2. The fraction of sp³-hybridized carbons (Fsp3) is 0.385. The monoisotopic (exact) mass is 272 g/mol. The van der Waals surface area contributed by atoms with Crippen molar-refractivity contribution in [3.8, 4) is 0 Å². The van der Waals surface area contributed by atoms with Crippen LogP contribution in [0.4, 0.5) is 13.2 Å². The normalized spacial score (nSPS) is 13.9. The molecule has 0 fully saturated rings. The molecule has 2 rings (SSSR count). The Morgan fingerprint density at radius 3 is 2.63 bits per heavy atom. The van der Waals surface area contributed by atoms with E-state index < -0.39 is 18.6 Å². The van der Waals surface area contributed by atoms with E-state index in [-0.39, 0.29) is 12.8 Å². The molecule has 0 radical (unpaired) electrons. The van der Waals surface area contributed by atoms with Crippen molar-refractivity contribution >= 4 is 11.0 Å². The Morgan fingerprint density at radius 2 is 2.00 bits per heavy atom. The molecule has 19 heavy (non-hydrogen) atoms. The minimum atomic E-state index is -4.13. The molecule has 1 heterocycles. The zero-order valence-electron chi connectivity index (χ0n) is 10.2. The first-order valence-corrected chi connectivity index (χ1v) is 6.01. The molecule has 0 spiro atoms.